The molecule has 2 rings (SSSR count). The molecule has 0 bridgehead atoms. The van der Waals surface area contributed by atoms with Gasteiger partial charge in [0, 0.05) is 6.54 Å². The van der Waals surface area contributed by atoms with E-state index in [1.54, 1.807) is 6.07 Å². The number of nitrogens with zero attached hydrogens (tertiary/aromatic N) is 1. The number of sulfonamides is 1. The minimum Gasteiger partial charge on any atom is -0.301 e. The van der Waals surface area contributed by atoms with E-state index in [9.17, 15) is 8.42 Å². The molecule has 1 aliphatic rings. The molecule has 0 radical (unpaired) electrons. The van der Waals surface area contributed by atoms with Crippen molar-refractivity contribution >= 4 is 33.0 Å². The number of hydrogen-bond donors (Lipinski definition) is 1. The molecule has 0 saturated carbocycles. The zero-order chi connectivity index (χ0) is 13.0. The lowest BCUT2D eigenvalue weighted by Gasteiger charge is -2.14. The molecule has 1 saturated heterocycles. The molecule has 0 spiro atoms. The number of nitrogens with one attached hydrogen (secondary N) is 1. The zero-order valence-electron chi connectivity index (χ0n) is 9.76. The van der Waals surface area contributed by atoms with Gasteiger partial charge in [-0.05, 0) is 38.1 Å². The predicted octanol–water partition coefficient (Wildman–Crippen LogP) is 1.71. The Morgan fingerprint density at radius 1 is 1.39 bits per heavy atom. The van der Waals surface area contributed by atoms with Gasteiger partial charge in [0.2, 0.25) is 0 Å². The third kappa shape index (κ3) is 3.91. The summed E-state index contributed by atoms with van der Waals surface area (Å²) in [4.78, 5) is 9.36. The molecule has 1 fully saturated rings. The molecule has 0 aliphatic carbocycles. The summed E-state index contributed by atoms with van der Waals surface area (Å²) in [5.74, 6) is 0. The number of halogens is 1. The first kappa shape index (κ1) is 14.2. The number of thiophene rings is 1. The fraction of sp³-hybridized carbons (Fsp3) is 0.600. The van der Waals surface area contributed by atoms with Crippen LogP contribution in [0.2, 0.25) is 4.34 Å². The second-order valence-electron chi connectivity index (χ2n) is 4.04. The molecule has 102 valence electrons. The summed E-state index contributed by atoms with van der Waals surface area (Å²) < 4.78 is 24.1. The standard InChI is InChI=1S/C10H15ClN2O3S2/c11-9-3-4-10(17-9)18(14,15)12-16-8-7-13-5-1-2-6-13/h3-4,12H,1-2,5-8H2. The summed E-state index contributed by atoms with van der Waals surface area (Å²) in [6.07, 6.45) is 2.42. The topological polar surface area (TPSA) is 58.6 Å². The molecule has 1 aliphatic heterocycles. The molecule has 8 heteroatoms. The van der Waals surface area contributed by atoms with Crippen LogP contribution in [0.4, 0.5) is 0 Å². The lowest BCUT2D eigenvalue weighted by Crippen LogP contribution is -2.29. The van der Waals surface area contributed by atoms with E-state index in [-0.39, 0.29) is 4.21 Å². The normalized spacial score (nSPS) is 17.4. The van der Waals surface area contributed by atoms with Crippen molar-refractivity contribution in [3.8, 4) is 0 Å². The van der Waals surface area contributed by atoms with Crippen LogP contribution in [-0.2, 0) is 14.9 Å². The fourth-order valence-corrected chi connectivity index (χ4v) is 4.08. The summed E-state index contributed by atoms with van der Waals surface area (Å²) in [7, 11) is -3.59. The smallest absolute Gasteiger partial charge is 0.271 e. The van der Waals surface area contributed by atoms with Crippen LogP contribution in [0.15, 0.2) is 16.3 Å². The number of rotatable bonds is 6. The molecule has 5 nitrogen and oxygen atoms in total. The molecular weight excluding hydrogens is 296 g/mol. The van der Waals surface area contributed by atoms with Crippen LogP contribution in [0, 0.1) is 0 Å². The van der Waals surface area contributed by atoms with E-state index in [4.69, 9.17) is 16.4 Å². The maximum Gasteiger partial charge on any atom is 0.271 e. The summed E-state index contributed by atoms with van der Waals surface area (Å²) in [5, 5.41) is 0. The van der Waals surface area contributed by atoms with Crippen LogP contribution in [0.5, 0.6) is 0 Å². The molecule has 1 aromatic rings. The van der Waals surface area contributed by atoms with E-state index in [1.807, 2.05) is 0 Å². The third-order valence-electron chi connectivity index (χ3n) is 2.69. The highest BCUT2D eigenvalue weighted by atomic mass is 35.5. The van der Waals surface area contributed by atoms with E-state index in [1.165, 1.54) is 18.9 Å². The minimum atomic E-state index is -3.59. The highest BCUT2D eigenvalue weighted by Crippen LogP contribution is 2.25. The highest BCUT2D eigenvalue weighted by molar-refractivity contribution is 7.91. The Morgan fingerprint density at radius 2 is 2.11 bits per heavy atom. The molecular formula is C10H15ClN2O3S2. The molecule has 1 N–H and O–H groups in total. The first-order valence-electron chi connectivity index (χ1n) is 5.69. The Hall–Kier alpha value is -0.180. The van der Waals surface area contributed by atoms with Gasteiger partial charge in [0.25, 0.3) is 10.0 Å². The van der Waals surface area contributed by atoms with Gasteiger partial charge in [0.1, 0.15) is 4.21 Å². The van der Waals surface area contributed by atoms with Gasteiger partial charge < -0.3 is 4.90 Å². The second kappa shape index (κ2) is 6.31. The van der Waals surface area contributed by atoms with Gasteiger partial charge in [-0.25, -0.2) is 8.42 Å². The molecule has 0 amide bonds. The number of hydrogen-bond acceptors (Lipinski definition) is 5. The molecule has 0 atom stereocenters. The van der Waals surface area contributed by atoms with Gasteiger partial charge in [0.05, 0.1) is 10.9 Å². The van der Waals surface area contributed by atoms with Crippen molar-refractivity contribution < 1.29 is 13.3 Å². The van der Waals surface area contributed by atoms with Crippen LogP contribution in [0.1, 0.15) is 12.8 Å². The van der Waals surface area contributed by atoms with E-state index < -0.39 is 10.0 Å². The van der Waals surface area contributed by atoms with Crippen molar-refractivity contribution in [2.75, 3.05) is 26.2 Å². The van der Waals surface area contributed by atoms with Crippen molar-refractivity contribution in [2.24, 2.45) is 0 Å². The van der Waals surface area contributed by atoms with Gasteiger partial charge >= 0.3 is 0 Å². The van der Waals surface area contributed by atoms with Crippen LogP contribution in [-0.4, -0.2) is 39.6 Å². The van der Waals surface area contributed by atoms with E-state index >= 15 is 0 Å². The third-order valence-corrected chi connectivity index (χ3v) is 5.63. The predicted molar refractivity (Wildman–Crippen MR) is 71.3 cm³/mol. The molecule has 0 unspecified atom stereocenters. The Morgan fingerprint density at radius 3 is 2.72 bits per heavy atom. The fourth-order valence-electron chi connectivity index (χ4n) is 1.78. The van der Waals surface area contributed by atoms with Crippen LogP contribution >= 0.6 is 22.9 Å². The maximum atomic E-state index is 11.7. The Bertz CT molecular complexity index is 483. The summed E-state index contributed by atoms with van der Waals surface area (Å²) in [6, 6.07) is 3.00. The first-order valence-corrected chi connectivity index (χ1v) is 8.37. The molecule has 0 aromatic carbocycles. The first-order chi connectivity index (χ1) is 8.58. The average molecular weight is 311 g/mol. The van der Waals surface area contributed by atoms with Crippen molar-refractivity contribution in [1.82, 2.24) is 9.79 Å². The summed E-state index contributed by atoms with van der Waals surface area (Å²) >= 11 is 6.70. The average Bonchev–Trinajstić information content (AvgIpc) is 2.95. The monoisotopic (exact) mass is 310 g/mol. The van der Waals surface area contributed by atoms with Crippen LogP contribution < -0.4 is 4.89 Å². The largest absolute Gasteiger partial charge is 0.301 e. The molecule has 2 heterocycles. The Balaban J connectivity index is 1.75. The Labute approximate surface area is 116 Å². The summed E-state index contributed by atoms with van der Waals surface area (Å²) in [6.45, 7) is 3.22. The molecule has 1 aromatic heterocycles. The van der Waals surface area contributed by atoms with Gasteiger partial charge in [-0.15, -0.1) is 11.3 Å². The summed E-state index contributed by atoms with van der Waals surface area (Å²) in [5.41, 5.74) is 0. The van der Waals surface area contributed by atoms with E-state index in [0.717, 1.165) is 31.0 Å². The van der Waals surface area contributed by atoms with Crippen LogP contribution in [0.3, 0.4) is 0 Å². The van der Waals surface area contributed by atoms with E-state index in [2.05, 4.69) is 9.79 Å². The quantitative estimate of drug-likeness (QED) is 0.642. The van der Waals surface area contributed by atoms with Crippen molar-refractivity contribution in [2.45, 2.75) is 17.1 Å². The van der Waals surface area contributed by atoms with Gasteiger partial charge in [-0.3, -0.25) is 4.84 Å². The zero-order valence-corrected chi connectivity index (χ0v) is 12.2. The maximum absolute atomic E-state index is 11.7. The number of likely N-dealkylation sites (tertiary alicyclic amines) is 1. The van der Waals surface area contributed by atoms with Crippen molar-refractivity contribution in [3.05, 3.63) is 16.5 Å². The van der Waals surface area contributed by atoms with Crippen LogP contribution in [0.25, 0.3) is 0 Å². The van der Waals surface area contributed by atoms with E-state index in [0.29, 0.717) is 10.9 Å². The lowest BCUT2D eigenvalue weighted by atomic mass is 10.4. The van der Waals surface area contributed by atoms with Gasteiger partial charge in [0.15, 0.2) is 0 Å². The Kier molecular flexibility index (Phi) is 4.99. The van der Waals surface area contributed by atoms with Crippen molar-refractivity contribution in [1.29, 1.82) is 0 Å². The SMILES string of the molecule is O=S(=O)(NOCCN1CCCC1)c1ccc(Cl)s1. The van der Waals surface area contributed by atoms with Crippen molar-refractivity contribution in [3.63, 3.8) is 0 Å². The highest BCUT2D eigenvalue weighted by Gasteiger charge is 2.17. The van der Waals surface area contributed by atoms with Gasteiger partial charge in [-0.1, -0.05) is 16.5 Å². The second-order valence-corrected chi connectivity index (χ2v) is 7.63. The minimum absolute atomic E-state index is 0.161. The lowest BCUT2D eigenvalue weighted by molar-refractivity contribution is 0.0757. The molecule has 18 heavy (non-hydrogen) atoms. The van der Waals surface area contributed by atoms with Gasteiger partial charge in [-0.2, -0.15) is 0 Å².